The third kappa shape index (κ3) is 7.20. The second-order valence-electron chi connectivity index (χ2n) is 12.6. The Morgan fingerprint density at radius 3 is 2.31 bits per heavy atom. The van der Waals surface area contributed by atoms with Crippen molar-refractivity contribution in [3.05, 3.63) is 23.5 Å². The van der Waals surface area contributed by atoms with Crippen LogP contribution in [0.25, 0.3) is 0 Å². The number of methoxy groups -OCH3 is 1. The second-order valence-corrected chi connectivity index (χ2v) is 12.6. The van der Waals surface area contributed by atoms with Crippen molar-refractivity contribution in [2.45, 2.75) is 130 Å². The zero-order chi connectivity index (χ0) is 31.2. The summed E-state index contributed by atoms with van der Waals surface area (Å²) >= 11 is 0. The van der Waals surface area contributed by atoms with Crippen LogP contribution in [0.2, 0.25) is 0 Å². The highest BCUT2D eigenvalue weighted by molar-refractivity contribution is 5.76. The van der Waals surface area contributed by atoms with Gasteiger partial charge < -0.3 is 23.7 Å². The Hall–Kier alpha value is -2.84. The standard InChI is InChI=1S/C33H50O9/c1-9-11-12-14-28(36)40-24-19-26(39-22(5)34)33(7)25(41-27(35)13-10-2)16-18-32(6)17-15-23(20(3)31(37)38-8)30(42-32)29(33)21(24)4/h15,17,20-21,24-26,29H,9-14,16,18-19H2,1-8H3/t20-,21-,24-,25-,26+,29-,32?,33+/m1/s1. The van der Waals surface area contributed by atoms with Crippen molar-refractivity contribution in [1.82, 2.24) is 0 Å². The Kier molecular flexibility index (Phi) is 11.3. The Morgan fingerprint density at radius 1 is 1.00 bits per heavy atom. The Labute approximate surface area is 250 Å². The van der Waals surface area contributed by atoms with Crippen LogP contribution in [0.5, 0.6) is 0 Å². The number of allylic oxidation sites excluding steroid dienone is 2. The van der Waals surface area contributed by atoms with Crippen LogP contribution in [0.4, 0.5) is 0 Å². The van der Waals surface area contributed by atoms with Gasteiger partial charge in [0.25, 0.3) is 0 Å². The molecule has 0 N–H and O–H groups in total. The Bertz CT molecular complexity index is 1080. The van der Waals surface area contributed by atoms with Gasteiger partial charge in [-0.15, -0.1) is 0 Å². The summed E-state index contributed by atoms with van der Waals surface area (Å²) in [5.74, 6) is -2.42. The highest BCUT2D eigenvalue weighted by atomic mass is 16.6. The molecule has 2 fully saturated rings. The van der Waals surface area contributed by atoms with Crippen LogP contribution in [0.15, 0.2) is 23.5 Å². The first-order valence-corrected chi connectivity index (χ1v) is 15.6. The van der Waals surface area contributed by atoms with Gasteiger partial charge in [-0.05, 0) is 45.6 Å². The van der Waals surface area contributed by atoms with Crippen molar-refractivity contribution in [3.8, 4) is 0 Å². The summed E-state index contributed by atoms with van der Waals surface area (Å²) in [5, 5.41) is 0. The molecule has 9 heteroatoms. The molecule has 1 saturated heterocycles. The van der Waals surface area contributed by atoms with Crippen LogP contribution in [0, 0.1) is 23.2 Å². The quantitative estimate of drug-likeness (QED) is 0.163. The maximum Gasteiger partial charge on any atom is 0.312 e. The predicted molar refractivity (Wildman–Crippen MR) is 156 cm³/mol. The van der Waals surface area contributed by atoms with Gasteiger partial charge in [-0.1, -0.05) is 46.6 Å². The number of rotatable bonds is 11. The van der Waals surface area contributed by atoms with Crippen LogP contribution in [0.1, 0.15) is 106 Å². The summed E-state index contributed by atoms with van der Waals surface area (Å²) in [6.07, 6.45) is 7.06. The van der Waals surface area contributed by atoms with Crippen molar-refractivity contribution in [2.24, 2.45) is 23.2 Å². The SMILES string of the molecule is CCCCCC(=O)O[C@@H]1C[C@H](OC(C)=O)[C@]2(C)[C@H](OC(=O)CCC)CCC3(C)C=CC([C@@H](C)C(=O)OC)=C(O3)[C@H]2[C@@H]1C. The average Bonchev–Trinajstić information content (AvgIpc) is 2.92. The topological polar surface area (TPSA) is 114 Å². The molecule has 2 aliphatic heterocycles. The van der Waals surface area contributed by atoms with E-state index in [1.807, 2.05) is 39.8 Å². The van der Waals surface area contributed by atoms with Crippen molar-refractivity contribution in [3.63, 3.8) is 0 Å². The van der Waals surface area contributed by atoms with Crippen LogP contribution in [-0.2, 0) is 42.9 Å². The fraction of sp³-hybridized carbons (Fsp3) is 0.758. The molecular formula is C33H50O9. The number of unbranched alkanes of at least 4 members (excludes halogenated alkanes) is 2. The van der Waals surface area contributed by atoms with Crippen LogP contribution in [-0.4, -0.2) is 54.9 Å². The van der Waals surface area contributed by atoms with Gasteiger partial charge in [-0.2, -0.15) is 0 Å². The molecule has 1 aliphatic carbocycles. The van der Waals surface area contributed by atoms with E-state index >= 15 is 0 Å². The van der Waals surface area contributed by atoms with E-state index in [2.05, 4.69) is 6.92 Å². The highest BCUT2D eigenvalue weighted by Gasteiger charge is 2.62. The van der Waals surface area contributed by atoms with Gasteiger partial charge in [0.15, 0.2) is 0 Å². The second kappa shape index (κ2) is 14.1. The third-order valence-electron chi connectivity index (χ3n) is 9.37. The van der Waals surface area contributed by atoms with Gasteiger partial charge in [0.05, 0.1) is 18.4 Å². The van der Waals surface area contributed by atoms with E-state index in [-0.39, 0.29) is 30.7 Å². The lowest BCUT2D eigenvalue weighted by atomic mass is 9.55. The van der Waals surface area contributed by atoms with Crippen LogP contribution < -0.4 is 0 Å². The van der Waals surface area contributed by atoms with Crippen molar-refractivity contribution < 1.29 is 42.9 Å². The molecule has 0 radical (unpaired) electrons. The number of carbonyl (C=O) groups excluding carboxylic acids is 4. The number of ether oxygens (including phenoxy) is 5. The summed E-state index contributed by atoms with van der Waals surface area (Å²) in [4.78, 5) is 51.2. The molecule has 2 heterocycles. The maximum absolute atomic E-state index is 13.0. The molecule has 2 bridgehead atoms. The molecule has 0 spiro atoms. The predicted octanol–water partition coefficient (Wildman–Crippen LogP) is 5.99. The van der Waals surface area contributed by atoms with Gasteiger partial charge in [0, 0.05) is 43.6 Å². The summed E-state index contributed by atoms with van der Waals surface area (Å²) in [6.45, 7) is 13.1. The molecule has 0 amide bonds. The molecule has 0 aromatic heterocycles. The van der Waals surface area contributed by atoms with Crippen molar-refractivity contribution >= 4 is 23.9 Å². The van der Waals surface area contributed by atoms with Gasteiger partial charge in [-0.3, -0.25) is 19.2 Å². The largest absolute Gasteiger partial charge is 0.487 e. The number of hydrogen-bond acceptors (Lipinski definition) is 9. The summed E-state index contributed by atoms with van der Waals surface area (Å²) in [6, 6.07) is 0. The zero-order valence-corrected chi connectivity index (χ0v) is 26.7. The fourth-order valence-corrected chi connectivity index (χ4v) is 6.94. The van der Waals surface area contributed by atoms with Gasteiger partial charge in [0.1, 0.15) is 29.7 Å². The van der Waals surface area contributed by atoms with E-state index in [4.69, 9.17) is 23.7 Å². The van der Waals surface area contributed by atoms with Gasteiger partial charge >= 0.3 is 23.9 Å². The molecule has 8 atom stereocenters. The minimum Gasteiger partial charge on any atom is -0.487 e. The summed E-state index contributed by atoms with van der Waals surface area (Å²) < 4.78 is 30.2. The lowest BCUT2D eigenvalue weighted by Crippen LogP contribution is -2.62. The number of esters is 4. The van der Waals surface area contributed by atoms with Crippen LogP contribution in [0.3, 0.4) is 0 Å². The summed E-state index contributed by atoms with van der Waals surface area (Å²) in [5.41, 5.74) is -1.01. The normalized spacial score (nSPS) is 32.8. The maximum atomic E-state index is 13.0. The van der Waals surface area contributed by atoms with E-state index in [9.17, 15) is 19.2 Å². The highest BCUT2D eigenvalue weighted by Crippen LogP contribution is 2.58. The van der Waals surface area contributed by atoms with Crippen molar-refractivity contribution in [1.29, 1.82) is 0 Å². The minimum absolute atomic E-state index is 0.261. The first-order chi connectivity index (χ1) is 19.8. The minimum atomic E-state index is -0.942. The fourth-order valence-electron chi connectivity index (χ4n) is 6.94. The molecule has 1 saturated carbocycles. The monoisotopic (exact) mass is 590 g/mol. The van der Waals surface area contributed by atoms with Crippen LogP contribution >= 0.6 is 0 Å². The molecular weight excluding hydrogens is 540 g/mol. The molecule has 0 aromatic carbocycles. The van der Waals surface area contributed by atoms with E-state index in [1.54, 1.807) is 6.92 Å². The van der Waals surface area contributed by atoms with Gasteiger partial charge in [-0.25, -0.2) is 0 Å². The molecule has 42 heavy (non-hydrogen) atoms. The first kappa shape index (κ1) is 33.7. The molecule has 3 rings (SSSR count). The smallest absolute Gasteiger partial charge is 0.312 e. The van der Waals surface area contributed by atoms with Gasteiger partial charge in [0.2, 0.25) is 0 Å². The average molecular weight is 591 g/mol. The Balaban J connectivity index is 2.21. The first-order valence-electron chi connectivity index (χ1n) is 15.6. The lowest BCUT2D eigenvalue weighted by molar-refractivity contribution is -0.218. The zero-order valence-electron chi connectivity index (χ0n) is 26.7. The van der Waals surface area contributed by atoms with Crippen molar-refractivity contribution in [2.75, 3.05) is 7.11 Å². The number of hydrogen-bond donors (Lipinski definition) is 0. The molecule has 0 aromatic rings. The van der Waals surface area contributed by atoms with E-state index in [0.29, 0.717) is 37.0 Å². The number of fused-ring (bicyclic) bond motifs is 4. The van der Waals surface area contributed by atoms with E-state index in [1.165, 1.54) is 14.0 Å². The number of carbonyl (C=O) groups is 4. The molecule has 9 nitrogen and oxygen atoms in total. The Morgan fingerprint density at radius 2 is 1.69 bits per heavy atom. The molecule has 236 valence electrons. The lowest BCUT2D eigenvalue weighted by Gasteiger charge is -2.57. The summed E-state index contributed by atoms with van der Waals surface area (Å²) in [7, 11) is 1.35. The third-order valence-corrected chi connectivity index (χ3v) is 9.37. The van der Waals surface area contributed by atoms with E-state index < -0.39 is 53.1 Å². The molecule has 3 aliphatic rings. The molecule has 1 unspecified atom stereocenters. The van der Waals surface area contributed by atoms with E-state index in [0.717, 1.165) is 19.3 Å².